The summed E-state index contributed by atoms with van der Waals surface area (Å²) in [6.07, 6.45) is 0.642. The minimum atomic E-state index is -2.81. The summed E-state index contributed by atoms with van der Waals surface area (Å²) in [6.45, 7) is -0.285. The number of amides is 2. The van der Waals surface area contributed by atoms with E-state index in [0.29, 0.717) is 0 Å². The van der Waals surface area contributed by atoms with Crippen molar-refractivity contribution >= 4 is 40.7 Å². The van der Waals surface area contributed by atoms with E-state index in [1.807, 2.05) is 0 Å². The van der Waals surface area contributed by atoms with Crippen LogP contribution in [-0.2, 0) is 16.1 Å². The van der Waals surface area contributed by atoms with Crippen LogP contribution in [0, 0.1) is 29.1 Å². The normalized spacial score (nSPS) is 24.7. The van der Waals surface area contributed by atoms with Gasteiger partial charge in [0.05, 0.1) is 25.4 Å². The number of hydrogen-bond donors (Lipinski definition) is 1. The molecule has 0 unspecified atom stereocenters. The summed E-state index contributed by atoms with van der Waals surface area (Å²) in [7, 11) is 1.21. The van der Waals surface area contributed by atoms with Crippen LogP contribution in [0.1, 0.15) is 23.9 Å². The number of nitrogens with zero attached hydrogens (tertiary/aromatic N) is 4. The number of phenolic OH excluding ortho intramolecular Hbond substituents is 1. The van der Waals surface area contributed by atoms with Gasteiger partial charge in [0, 0.05) is 17.9 Å². The summed E-state index contributed by atoms with van der Waals surface area (Å²) < 4.78 is 81.1. The summed E-state index contributed by atoms with van der Waals surface area (Å²) in [5.74, 6) is -18.2. The second kappa shape index (κ2) is 10.6. The molecule has 4 aromatic rings. The molecule has 1 aromatic heterocycles. The van der Waals surface area contributed by atoms with Crippen molar-refractivity contribution in [3.05, 3.63) is 116 Å². The van der Waals surface area contributed by atoms with E-state index < -0.39 is 91.8 Å². The van der Waals surface area contributed by atoms with Crippen molar-refractivity contribution in [2.75, 3.05) is 12.0 Å². The van der Waals surface area contributed by atoms with Gasteiger partial charge in [0.15, 0.2) is 44.5 Å². The SMILES string of the molecule is COc1cccc([C@H]2C3=CCn4c(=O)n(-c5ccccc5)c(=O)n4[C@@H]3C[C@@]3(Cl)C(=O)N(c4c(F)c(F)c(F)c(F)c4F)C(=O)[C@@]23Cl)c1O. The van der Waals surface area contributed by atoms with Gasteiger partial charge >= 0.3 is 11.4 Å². The van der Waals surface area contributed by atoms with Crippen LogP contribution in [0.3, 0.4) is 0 Å². The smallest absolute Gasteiger partial charge is 0.352 e. The number of alkyl halides is 2. The van der Waals surface area contributed by atoms with Crippen molar-refractivity contribution in [3.8, 4) is 17.2 Å². The number of aromatic hydroxyl groups is 1. The predicted octanol–water partition coefficient (Wildman–Crippen LogP) is 4.41. The number of phenols is 1. The van der Waals surface area contributed by atoms with Crippen LogP contribution in [0.15, 0.2) is 69.8 Å². The zero-order valence-corrected chi connectivity index (χ0v) is 25.7. The van der Waals surface area contributed by atoms with Gasteiger partial charge in [0.25, 0.3) is 11.8 Å². The lowest BCUT2D eigenvalue weighted by Crippen LogP contribution is -2.59. The molecular weight excluding hydrogens is 690 g/mol. The zero-order valence-electron chi connectivity index (χ0n) is 24.2. The Hall–Kier alpha value is -4.89. The predicted molar refractivity (Wildman–Crippen MR) is 159 cm³/mol. The Kier molecular flexibility index (Phi) is 6.97. The molecule has 1 saturated carbocycles. The number of carbonyl (C=O) groups excluding carboxylic acids is 2. The number of fused-ring (bicyclic) bond motifs is 4. The molecule has 0 spiro atoms. The Morgan fingerprint density at radius 2 is 1.46 bits per heavy atom. The van der Waals surface area contributed by atoms with Gasteiger partial charge in [-0.15, -0.1) is 23.2 Å². The standard InChI is InChI=1S/C31H19Cl2F5N4O6/c1-48-17-9-5-8-15(25(17)43)18-14-10-11-39-28(46)40(13-6-3-2-4-7-13)29(47)42(39)16(14)12-30(32)26(44)41(27(45)31(18,30)33)24-22(37)20(35)19(34)21(36)23(24)38/h2-10,16,18,43H,11-12H2,1H3/t16-,18-,30-,31+/m1/s1. The van der Waals surface area contributed by atoms with E-state index >= 15 is 8.78 Å². The van der Waals surface area contributed by atoms with E-state index in [1.54, 1.807) is 18.2 Å². The molecule has 3 aromatic carbocycles. The first-order chi connectivity index (χ1) is 22.7. The summed E-state index contributed by atoms with van der Waals surface area (Å²) in [5.41, 5.74) is -3.52. The molecule has 2 fully saturated rings. The molecule has 248 valence electrons. The third kappa shape index (κ3) is 3.79. The molecule has 2 aliphatic heterocycles. The number of benzene rings is 3. The van der Waals surface area contributed by atoms with E-state index in [1.165, 1.54) is 43.5 Å². The van der Waals surface area contributed by atoms with E-state index in [4.69, 9.17) is 27.9 Å². The van der Waals surface area contributed by atoms with Gasteiger partial charge in [-0.2, -0.15) is 0 Å². The van der Waals surface area contributed by atoms with Crippen molar-refractivity contribution in [2.24, 2.45) is 0 Å². The van der Waals surface area contributed by atoms with Crippen molar-refractivity contribution in [1.82, 2.24) is 13.9 Å². The third-order valence-corrected chi connectivity index (χ3v) is 10.5. The number of allylic oxidation sites excluding steroid dienone is 2. The molecule has 2 amide bonds. The van der Waals surface area contributed by atoms with E-state index in [9.17, 15) is 37.5 Å². The number of imide groups is 1. The molecule has 1 aliphatic carbocycles. The van der Waals surface area contributed by atoms with Crippen LogP contribution in [0.5, 0.6) is 11.5 Å². The first-order valence-electron chi connectivity index (χ1n) is 14.1. The molecule has 7 rings (SSSR count). The number of methoxy groups -OCH3 is 1. The maximum Gasteiger partial charge on any atom is 0.352 e. The fourth-order valence-corrected chi connectivity index (χ4v) is 7.82. The highest BCUT2D eigenvalue weighted by molar-refractivity contribution is 6.58. The Balaban J connectivity index is 1.52. The molecule has 48 heavy (non-hydrogen) atoms. The summed E-state index contributed by atoms with van der Waals surface area (Å²) in [6, 6.07) is 10.5. The topological polar surface area (TPSA) is 116 Å². The van der Waals surface area contributed by atoms with Gasteiger partial charge in [0.1, 0.15) is 5.69 Å². The number of ether oxygens (including phenoxy) is 1. The van der Waals surface area contributed by atoms with Gasteiger partial charge < -0.3 is 9.84 Å². The molecule has 1 N–H and O–H groups in total. The van der Waals surface area contributed by atoms with Gasteiger partial charge in [0.2, 0.25) is 5.82 Å². The van der Waals surface area contributed by atoms with Crippen molar-refractivity contribution in [2.45, 2.75) is 34.7 Å². The number of hydrogen-bond acceptors (Lipinski definition) is 6. The second-order valence-electron chi connectivity index (χ2n) is 11.3. The summed E-state index contributed by atoms with van der Waals surface area (Å²) in [4.78, 5) is 50.1. The largest absolute Gasteiger partial charge is 0.504 e. The van der Waals surface area contributed by atoms with Crippen LogP contribution in [0.25, 0.3) is 5.69 Å². The number of carbonyl (C=O) groups is 2. The van der Waals surface area contributed by atoms with Crippen molar-refractivity contribution in [3.63, 3.8) is 0 Å². The lowest BCUT2D eigenvalue weighted by Gasteiger charge is -2.49. The molecule has 0 radical (unpaired) electrons. The van der Waals surface area contributed by atoms with Gasteiger partial charge in [-0.1, -0.05) is 36.4 Å². The maximum absolute atomic E-state index is 15.2. The van der Waals surface area contributed by atoms with Crippen LogP contribution >= 0.6 is 23.2 Å². The lowest BCUT2D eigenvalue weighted by atomic mass is 9.64. The van der Waals surface area contributed by atoms with Gasteiger partial charge in [-0.25, -0.2) is 50.4 Å². The number of para-hydroxylation sites is 2. The van der Waals surface area contributed by atoms with Crippen LogP contribution in [0.4, 0.5) is 27.6 Å². The first-order valence-corrected chi connectivity index (χ1v) is 14.8. The average molecular weight is 709 g/mol. The fraction of sp³-hybridized carbons (Fsp3) is 0.226. The quantitative estimate of drug-likeness (QED) is 0.0839. The molecule has 17 heteroatoms. The third-order valence-electron chi connectivity index (χ3n) is 9.06. The zero-order chi connectivity index (χ0) is 34.6. The highest BCUT2D eigenvalue weighted by Crippen LogP contribution is 2.65. The maximum atomic E-state index is 15.2. The van der Waals surface area contributed by atoms with Crippen molar-refractivity contribution in [1.29, 1.82) is 0 Å². The number of halogens is 7. The summed E-state index contributed by atoms with van der Waals surface area (Å²) in [5, 5.41) is 11.3. The molecular formula is C31H19Cl2F5N4O6. The van der Waals surface area contributed by atoms with Crippen LogP contribution in [0.2, 0.25) is 0 Å². The number of aromatic nitrogens is 3. The minimum absolute atomic E-state index is 0.0811. The number of rotatable bonds is 4. The molecule has 3 aliphatic rings. The second-order valence-corrected chi connectivity index (χ2v) is 12.5. The monoisotopic (exact) mass is 708 g/mol. The highest BCUT2D eigenvalue weighted by Gasteiger charge is 2.76. The van der Waals surface area contributed by atoms with Gasteiger partial charge in [-0.05, 0) is 23.8 Å². The van der Waals surface area contributed by atoms with Crippen LogP contribution in [-0.4, -0.2) is 47.7 Å². The Bertz CT molecular complexity index is 2230. The van der Waals surface area contributed by atoms with E-state index in [2.05, 4.69) is 0 Å². The van der Waals surface area contributed by atoms with Crippen molar-refractivity contribution < 1.29 is 41.4 Å². The average Bonchev–Trinajstić information content (AvgIpc) is 3.42. The molecule has 3 heterocycles. The van der Waals surface area contributed by atoms with E-state index in [0.717, 1.165) is 13.9 Å². The first kappa shape index (κ1) is 31.7. The molecule has 1 saturated heterocycles. The lowest BCUT2D eigenvalue weighted by molar-refractivity contribution is -0.122. The minimum Gasteiger partial charge on any atom is -0.504 e. The Morgan fingerprint density at radius 1 is 0.833 bits per heavy atom. The fourth-order valence-electron chi connectivity index (χ4n) is 6.91. The van der Waals surface area contributed by atoms with Gasteiger partial charge in [-0.3, -0.25) is 9.59 Å². The van der Waals surface area contributed by atoms with Crippen LogP contribution < -0.4 is 21.0 Å². The molecule has 4 atom stereocenters. The molecule has 0 bridgehead atoms. The highest BCUT2D eigenvalue weighted by atomic mass is 35.5. The van der Waals surface area contributed by atoms with E-state index in [-0.39, 0.29) is 34.0 Å². The Morgan fingerprint density at radius 3 is 2.08 bits per heavy atom. The summed E-state index contributed by atoms with van der Waals surface area (Å²) >= 11 is 14.1. The number of anilines is 1. The Labute approximate surface area is 275 Å². The molecule has 10 nitrogen and oxygen atoms in total.